The molecule has 1 saturated heterocycles. The molecule has 1 aliphatic rings. The van der Waals surface area contributed by atoms with E-state index >= 15 is 0 Å². The Bertz CT molecular complexity index is 326. The van der Waals surface area contributed by atoms with Crippen molar-refractivity contribution in [2.45, 2.75) is 45.3 Å². The van der Waals surface area contributed by atoms with Crippen molar-refractivity contribution >= 4 is 11.3 Å². The molecule has 2 unspecified atom stereocenters. The van der Waals surface area contributed by atoms with Gasteiger partial charge in [0.25, 0.3) is 0 Å². The molecule has 2 heterocycles. The van der Waals surface area contributed by atoms with Gasteiger partial charge >= 0.3 is 0 Å². The normalized spacial score (nSPS) is 23.3. The number of aliphatic hydroxyl groups is 1. The van der Waals surface area contributed by atoms with Gasteiger partial charge in [-0.25, -0.2) is 0 Å². The van der Waals surface area contributed by atoms with E-state index in [1.54, 1.807) is 11.3 Å². The number of thiophene rings is 1. The standard InChI is InChI=1S/C12H18O2S/c1-8-6-11(9(2)15-8)12(13)7-10-4-3-5-14-10/h6,10,12-13H,3-5,7H2,1-2H3. The van der Waals surface area contributed by atoms with Crippen LogP contribution >= 0.6 is 11.3 Å². The fourth-order valence-corrected chi connectivity index (χ4v) is 3.17. The minimum atomic E-state index is -0.349. The molecular formula is C12H18O2S. The Kier molecular flexibility index (Phi) is 3.44. The molecule has 2 atom stereocenters. The summed E-state index contributed by atoms with van der Waals surface area (Å²) in [5.74, 6) is 0. The zero-order chi connectivity index (χ0) is 10.8. The van der Waals surface area contributed by atoms with Crippen molar-refractivity contribution in [2.24, 2.45) is 0 Å². The second-order valence-corrected chi connectivity index (χ2v) is 5.72. The van der Waals surface area contributed by atoms with Crippen molar-refractivity contribution in [1.29, 1.82) is 0 Å². The lowest BCUT2D eigenvalue weighted by Crippen LogP contribution is -2.11. The lowest BCUT2D eigenvalue weighted by atomic mass is 10.0. The summed E-state index contributed by atoms with van der Waals surface area (Å²) < 4.78 is 5.54. The van der Waals surface area contributed by atoms with Gasteiger partial charge in [-0.3, -0.25) is 0 Å². The highest BCUT2D eigenvalue weighted by atomic mass is 32.1. The first-order valence-electron chi connectivity index (χ1n) is 5.53. The molecule has 2 rings (SSSR count). The maximum absolute atomic E-state index is 10.1. The van der Waals surface area contributed by atoms with Crippen molar-refractivity contribution in [3.8, 4) is 0 Å². The maximum atomic E-state index is 10.1. The van der Waals surface area contributed by atoms with Gasteiger partial charge in [0.2, 0.25) is 0 Å². The molecule has 2 nitrogen and oxygen atoms in total. The lowest BCUT2D eigenvalue weighted by Gasteiger charge is -2.15. The molecule has 0 radical (unpaired) electrons. The highest BCUT2D eigenvalue weighted by Crippen LogP contribution is 2.31. The van der Waals surface area contributed by atoms with Gasteiger partial charge in [-0.15, -0.1) is 11.3 Å². The van der Waals surface area contributed by atoms with Crippen LogP contribution in [-0.2, 0) is 4.74 Å². The van der Waals surface area contributed by atoms with Crippen molar-refractivity contribution in [2.75, 3.05) is 6.61 Å². The van der Waals surface area contributed by atoms with Crippen LogP contribution in [0.25, 0.3) is 0 Å². The van der Waals surface area contributed by atoms with Crippen LogP contribution in [0.1, 0.15) is 40.7 Å². The lowest BCUT2D eigenvalue weighted by molar-refractivity contribution is 0.0534. The molecule has 1 N–H and O–H groups in total. The van der Waals surface area contributed by atoms with Gasteiger partial charge in [0, 0.05) is 22.8 Å². The van der Waals surface area contributed by atoms with E-state index < -0.39 is 0 Å². The summed E-state index contributed by atoms with van der Waals surface area (Å²) in [6.07, 6.45) is 2.90. The van der Waals surface area contributed by atoms with E-state index in [2.05, 4.69) is 19.9 Å². The molecule has 1 aromatic heterocycles. The molecule has 0 aliphatic carbocycles. The number of hydrogen-bond acceptors (Lipinski definition) is 3. The smallest absolute Gasteiger partial charge is 0.0825 e. The topological polar surface area (TPSA) is 29.5 Å². The summed E-state index contributed by atoms with van der Waals surface area (Å²) in [4.78, 5) is 2.51. The maximum Gasteiger partial charge on any atom is 0.0825 e. The molecule has 1 aliphatic heterocycles. The summed E-state index contributed by atoms with van der Waals surface area (Å²) in [5.41, 5.74) is 1.09. The van der Waals surface area contributed by atoms with E-state index in [9.17, 15) is 5.11 Å². The van der Waals surface area contributed by atoms with Crippen LogP contribution in [0.3, 0.4) is 0 Å². The van der Waals surface area contributed by atoms with Gasteiger partial charge in [0.05, 0.1) is 12.2 Å². The zero-order valence-electron chi connectivity index (χ0n) is 9.32. The highest BCUT2D eigenvalue weighted by molar-refractivity contribution is 7.12. The Hall–Kier alpha value is -0.380. The molecule has 0 spiro atoms. The van der Waals surface area contributed by atoms with Crippen molar-refractivity contribution in [1.82, 2.24) is 0 Å². The van der Waals surface area contributed by atoms with Crippen LogP contribution in [0.5, 0.6) is 0 Å². The van der Waals surface area contributed by atoms with Crippen LogP contribution in [0.4, 0.5) is 0 Å². The fraction of sp³-hybridized carbons (Fsp3) is 0.667. The summed E-state index contributed by atoms with van der Waals surface area (Å²) in [5, 5.41) is 10.1. The largest absolute Gasteiger partial charge is 0.388 e. The van der Waals surface area contributed by atoms with E-state index in [1.165, 1.54) is 9.75 Å². The van der Waals surface area contributed by atoms with Gasteiger partial charge in [-0.2, -0.15) is 0 Å². The molecule has 0 bridgehead atoms. The Morgan fingerprint density at radius 1 is 1.60 bits per heavy atom. The first-order valence-corrected chi connectivity index (χ1v) is 6.35. The highest BCUT2D eigenvalue weighted by Gasteiger charge is 2.22. The van der Waals surface area contributed by atoms with Gasteiger partial charge in [-0.05, 0) is 38.3 Å². The molecule has 84 valence electrons. The fourth-order valence-electron chi connectivity index (χ4n) is 2.19. The summed E-state index contributed by atoms with van der Waals surface area (Å²) in [7, 11) is 0. The number of aliphatic hydroxyl groups excluding tert-OH is 1. The van der Waals surface area contributed by atoms with Crippen LogP contribution in [0.15, 0.2) is 6.07 Å². The first-order chi connectivity index (χ1) is 7.16. The second-order valence-electron chi connectivity index (χ2n) is 4.26. The van der Waals surface area contributed by atoms with Crippen LogP contribution in [0.2, 0.25) is 0 Å². The molecule has 3 heteroatoms. The summed E-state index contributed by atoms with van der Waals surface area (Å²) >= 11 is 1.75. The van der Waals surface area contributed by atoms with Gasteiger partial charge in [0.1, 0.15) is 0 Å². The minimum Gasteiger partial charge on any atom is -0.388 e. The Morgan fingerprint density at radius 3 is 2.93 bits per heavy atom. The third-order valence-corrected chi connectivity index (χ3v) is 3.93. The Morgan fingerprint density at radius 2 is 2.40 bits per heavy atom. The van der Waals surface area contributed by atoms with E-state index in [1.807, 2.05) is 0 Å². The van der Waals surface area contributed by atoms with Crippen molar-refractivity contribution < 1.29 is 9.84 Å². The van der Waals surface area contributed by atoms with Gasteiger partial charge in [-0.1, -0.05) is 0 Å². The van der Waals surface area contributed by atoms with E-state index in [0.29, 0.717) is 0 Å². The molecule has 1 fully saturated rings. The number of rotatable bonds is 3. The van der Waals surface area contributed by atoms with E-state index in [-0.39, 0.29) is 12.2 Å². The third kappa shape index (κ3) is 2.60. The van der Waals surface area contributed by atoms with Crippen molar-refractivity contribution in [3.63, 3.8) is 0 Å². The monoisotopic (exact) mass is 226 g/mol. The Balaban J connectivity index is 2.00. The van der Waals surface area contributed by atoms with Crippen LogP contribution in [0, 0.1) is 13.8 Å². The average Bonchev–Trinajstić information content (AvgIpc) is 2.75. The number of aryl methyl sites for hydroxylation is 2. The van der Waals surface area contributed by atoms with Crippen LogP contribution < -0.4 is 0 Å². The van der Waals surface area contributed by atoms with Gasteiger partial charge in [0.15, 0.2) is 0 Å². The van der Waals surface area contributed by atoms with Crippen molar-refractivity contribution in [3.05, 3.63) is 21.4 Å². The SMILES string of the molecule is Cc1cc(C(O)CC2CCCO2)c(C)s1. The molecule has 15 heavy (non-hydrogen) atoms. The number of hydrogen-bond donors (Lipinski definition) is 1. The van der Waals surface area contributed by atoms with Gasteiger partial charge < -0.3 is 9.84 Å². The van der Waals surface area contributed by atoms with E-state index in [0.717, 1.165) is 31.4 Å². The Labute approximate surface area is 94.9 Å². The molecular weight excluding hydrogens is 208 g/mol. The second kappa shape index (κ2) is 4.64. The third-order valence-electron chi connectivity index (χ3n) is 2.95. The first kappa shape index (κ1) is 11.1. The molecule has 0 saturated carbocycles. The minimum absolute atomic E-state index is 0.264. The average molecular weight is 226 g/mol. The molecule has 1 aromatic rings. The zero-order valence-corrected chi connectivity index (χ0v) is 10.1. The molecule has 0 amide bonds. The predicted molar refractivity (Wildman–Crippen MR) is 62.3 cm³/mol. The summed E-state index contributed by atoms with van der Waals surface area (Å²) in [6.45, 7) is 5.02. The molecule has 0 aromatic carbocycles. The summed E-state index contributed by atoms with van der Waals surface area (Å²) in [6, 6.07) is 2.10. The number of ether oxygens (including phenoxy) is 1. The quantitative estimate of drug-likeness (QED) is 0.858. The van der Waals surface area contributed by atoms with E-state index in [4.69, 9.17) is 4.74 Å². The predicted octanol–water partition coefficient (Wildman–Crippen LogP) is 2.97. The van der Waals surface area contributed by atoms with Crippen LogP contribution in [-0.4, -0.2) is 17.8 Å².